The van der Waals surface area contributed by atoms with Crippen LogP contribution in [0.15, 0.2) is 47.8 Å². The van der Waals surface area contributed by atoms with Crippen molar-refractivity contribution in [2.45, 2.75) is 0 Å². The van der Waals surface area contributed by atoms with Crippen molar-refractivity contribution in [3.63, 3.8) is 0 Å². The van der Waals surface area contributed by atoms with Gasteiger partial charge in [0, 0.05) is 5.56 Å². The minimum absolute atomic E-state index is 0.647. The van der Waals surface area contributed by atoms with Crippen LogP contribution in [0, 0.1) is 0 Å². The normalized spacial score (nSPS) is 10.5. The Morgan fingerprint density at radius 2 is 1.88 bits per heavy atom. The van der Waals surface area contributed by atoms with Crippen LogP contribution in [-0.2, 0) is 0 Å². The second-order valence-corrected chi connectivity index (χ2v) is 4.15. The molecule has 0 fully saturated rings. The minimum atomic E-state index is 0.647. The van der Waals surface area contributed by atoms with Crippen molar-refractivity contribution in [3.05, 3.63) is 47.8 Å². The molecule has 0 N–H and O–H groups in total. The number of aromatic nitrogens is 4. The molecule has 0 aliphatic carbocycles. The molecule has 4 nitrogen and oxygen atoms in total. The van der Waals surface area contributed by atoms with Gasteiger partial charge in [-0.2, -0.15) is 0 Å². The molecule has 0 amide bonds. The maximum atomic E-state index is 4.33. The summed E-state index contributed by atoms with van der Waals surface area (Å²) >= 11 is 1.58. The molecule has 0 aliphatic heterocycles. The van der Waals surface area contributed by atoms with Gasteiger partial charge in [0.1, 0.15) is 5.00 Å². The molecule has 3 rings (SSSR count). The summed E-state index contributed by atoms with van der Waals surface area (Å²) in [5.41, 5.74) is 0.977. The van der Waals surface area contributed by atoms with Gasteiger partial charge in [-0.15, -0.1) is 26.3 Å². The molecular formula is C11H8N4S. The predicted molar refractivity (Wildman–Crippen MR) is 62.5 cm³/mol. The monoisotopic (exact) mass is 228 g/mol. The van der Waals surface area contributed by atoms with Crippen LogP contribution in [0.3, 0.4) is 0 Å². The van der Waals surface area contributed by atoms with Crippen LogP contribution in [0.5, 0.6) is 0 Å². The summed E-state index contributed by atoms with van der Waals surface area (Å²) in [5, 5.41) is 15.3. The lowest BCUT2D eigenvalue weighted by atomic mass is 10.2. The van der Waals surface area contributed by atoms with E-state index in [1.165, 1.54) is 0 Å². The molecule has 16 heavy (non-hydrogen) atoms. The Balaban J connectivity index is 2.00. The van der Waals surface area contributed by atoms with Gasteiger partial charge >= 0.3 is 0 Å². The van der Waals surface area contributed by atoms with Gasteiger partial charge in [-0.25, -0.2) is 0 Å². The highest BCUT2D eigenvalue weighted by Gasteiger charge is 2.06. The number of tetrazole rings is 1. The van der Waals surface area contributed by atoms with E-state index >= 15 is 0 Å². The number of nitrogens with zero attached hydrogens (tertiary/aromatic N) is 4. The minimum Gasteiger partial charge on any atom is -0.125 e. The molecule has 1 aromatic carbocycles. The Bertz CT molecular complexity index is 571. The fourth-order valence-corrected chi connectivity index (χ4v) is 2.02. The molecule has 0 spiro atoms. The predicted octanol–water partition coefficient (Wildman–Crippen LogP) is 2.39. The SMILES string of the molecule is c1ccc(-c2nnn(-c3cccs3)n2)cc1. The Kier molecular flexibility index (Phi) is 2.23. The average molecular weight is 228 g/mol. The van der Waals surface area contributed by atoms with Gasteiger partial charge in [0.2, 0.25) is 5.82 Å². The third-order valence-corrected chi connectivity index (χ3v) is 2.98. The lowest BCUT2D eigenvalue weighted by molar-refractivity contribution is 0.731. The van der Waals surface area contributed by atoms with Crippen LogP contribution in [0.1, 0.15) is 0 Å². The van der Waals surface area contributed by atoms with Crippen LogP contribution in [-0.4, -0.2) is 20.2 Å². The average Bonchev–Trinajstić information content (AvgIpc) is 3.01. The molecule has 3 aromatic rings. The van der Waals surface area contributed by atoms with E-state index in [1.807, 2.05) is 47.8 Å². The summed E-state index contributed by atoms with van der Waals surface area (Å²) in [4.78, 5) is 1.55. The molecular weight excluding hydrogens is 220 g/mol. The number of hydrogen-bond acceptors (Lipinski definition) is 4. The fourth-order valence-electron chi connectivity index (χ4n) is 1.39. The molecule has 2 heterocycles. The standard InChI is InChI=1S/C11H8N4S/c1-2-5-9(6-3-1)11-12-14-15(13-11)10-7-4-8-16-10/h1-8H. The topological polar surface area (TPSA) is 43.6 Å². The van der Waals surface area contributed by atoms with Gasteiger partial charge in [-0.1, -0.05) is 30.3 Å². The summed E-state index contributed by atoms with van der Waals surface area (Å²) in [7, 11) is 0. The first-order valence-corrected chi connectivity index (χ1v) is 5.71. The lowest BCUT2D eigenvalue weighted by Crippen LogP contribution is -1.95. The van der Waals surface area contributed by atoms with E-state index in [1.54, 1.807) is 16.1 Å². The second kappa shape index (κ2) is 3.86. The van der Waals surface area contributed by atoms with Crippen LogP contribution < -0.4 is 0 Å². The Morgan fingerprint density at radius 3 is 2.62 bits per heavy atom. The smallest absolute Gasteiger partial charge is 0.125 e. The number of benzene rings is 1. The third kappa shape index (κ3) is 1.61. The third-order valence-electron chi connectivity index (χ3n) is 2.15. The molecule has 0 atom stereocenters. The van der Waals surface area contributed by atoms with Crippen molar-refractivity contribution >= 4 is 11.3 Å². The Morgan fingerprint density at radius 1 is 1.00 bits per heavy atom. The zero-order valence-electron chi connectivity index (χ0n) is 8.32. The van der Waals surface area contributed by atoms with E-state index < -0.39 is 0 Å². The van der Waals surface area contributed by atoms with Crippen LogP contribution in [0.25, 0.3) is 16.4 Å². The summed E-state index contributed by atoms with van der Waals surface area (Å²) in [6, 6.07) is 13.7. The van der Waals surface area contributed by atoms with Crippen LogP contribution in [0.2, 0.25) is 0 Å². The molecule has 0 unspecified atom stereocenters. The fraction of sp³-hybridized carbons (Fsp3) is 0. The van der Waals surface area contributed by atoms with Gasteiger partial charge in [0.15, 0.2) is 0 Å². The number of rotatable bonds is 2. The van der Waals surface area contributed by atoms with E-state index in [9.17, 15) is 0 Å². The lowest BCUT2D eigenvalue weighted by Gasteiger charge is -1.92. The van der Waals surface area contributed by atoms with Crippen molar-refractivity contribution in [3.8, 4) is 16.4 Å². The van der Waals surface area contributed by atoms with Gasteiger partial charge in [-0.3, -0.25) is 0 Å². The molecule has 0 aliphatic rings. The molecule has 78 valence electrons. The van der Waals surface area contributed by atoms with Gasteiger partial charge in [0.05, 0.1) is 0 Å². The molecule has 2 aromatic heterocycles. The molecule has 5 heteroatoms. The zero-order chi connectivity index (χ0) is 10.8. The largest absolute Gasteiger partial charge is 0.205 e. The van der Waals surface area contributed by atoms with Crippen molar-refractivity contribution in [1.82, 2.24) is 20.2 Å². The molecule has 0 radical (unpaired) electrons. The maximum absolute atomic E-state index is 4.33. The quantitative estimate of drug-likeness (QED) is 0.676. The van der Waals surface area contributed by atoms with E-state index in [0.29, 0.717) is 5.82 Å². The number of thiophene rings is 1. The van der Waals surface area contributed by atoms with E-state index in [2.05, 4.69) is 15.4 Å². The Labute approximate surface area is 96.2 Å². The highest BCUT2D eigenvalue weighted by molar-refractivity contribution is 7.12. The van der Waals surface area contributed by atoms with Gasteiger partial charge in [0.25, 0.3) is 0 Å². The first kappa shape index (κ1) is 9.23. The summed E-state index contributed by atoms with van der Waals surface area (Å²) in [6.07, 6.45) is 0. The summed E-state index contributed by atoms with van der Waals surface area (Å²) in [5.74, 6) is 0.647. The molecule has 0 saturated heterocycles. The summed E-state index contributed by atoms with van der Waals surface area (Å²) in [6.45, 7) is 0. The number of hydrogen-bond donors (Lipinski definition) is 0. The molecule has 0 saturated carbocycles. The maximum Gasteiger partial charge on any atom is 0.205 e. The second-order valence-electron chi connectivity index (χ2n) is 3.22. The highest BCUT2D eigenvalue weighted by atomic mass is 32.1. The van der Waals surface area contributed by atoms with Gasteiger partial charge < -0.3 is 0 Å². The van der Waals surface area contributed by atoms with Crippen molar-refractivity contribution in [2.75, 3.05) is 0 Å². The summed E-state index contributed by atoms with van der Waals surface area (Å²) < 4.78 is 0. The van der Waals surface area contributed by atoms with Crippen LogP contribution >= 0.6 is 11.3 Å². The van der Waals surface area contributed by atoms with Crippen molar-refractivity contribution < 1.29 is 0 Å². The first-order chi connectivity index (χ1) is 7.93. The van der Waals surface area contributed by atoms with E-state index in [4.69, 9.17) is 0 Å². The van der Waals surface area contributed by atoms with E-state index in [0.717, 1.165) is 10.6 Å². The highest BCUT2D eigenvalue weighted by Crippen LogP contribution is 2.16. The Hall–Kier alpha value is -2.01. The first-order valence-electron chi connectivity index (χ1n) is 4.83. The molecule has 0 bridgehead atoms. The van der Waals surface area contributed by atoms with Crippen molar-refractivity contribution in [1.29, 1.82) is 0 Å². The van der Waals surface area contributed by atoms with E-state index in [-0.39, 0.29) is 0 Å². The van der Waals surface area contributed by atoms with Gasteiger partial charge in [-0.05, 0) is 22.7 Å². The van der Waals surface area contributed by atoms with Crippen LogP contribution in [0.4, 0.5) is 0 Å². The van der Waals surface area contributed by atoms with Crippen molar-refractivity contribution in [2.24, 2.45) is 0 Å². The zero-order valence-corrected chi connectivity index (χ0v) is 9.13.